The first-order chi connectivity index (χ1) is 6.99. The predicted molar refractivity (Wildman–Crippen MR) is 67.3 cm³/mol. The van der Waals surface area contributed by atoms with Gasteiger partial charge in [-0.05, 0) is 44.0 Å². The molecule has 0 saturated heterocycles. The third-order valence-corrected chi connectivity index (χ3v) is 2.60. The average Bonchev–Trinajstić information content (AvgIpc) is 2.12. The molecule has 0 aromatic heterocycles. The lowest BCUT2D eigenvalue weighted by atomic mass is 10.0. The van der Waals surface area contributed by atoms with Gasteiger partial charge in [-0.25, -0.2) is 0 Å². The molecule has 80 valence electrons. The summed E-state index contributed by atoms with van der Waals surface area (Å²) < 4.78 is 0.959. The first kappa shape index (κ1) is 12.2. The molecule has 0 aliphatic rings. The van der Waals surface area contributed by atoms with Gasteiger partial charge in [-0.3, -0.25) is 4.79 Å². The fourth-order valence-electron chi connectivity index (χ4n) is 1.37. The van der Waals surface area contributed by atoms with Crippen molar-refractivity contribution in [2.24, 2.45) is 0 Å². The zero-order chi connectivity index (χ0) is 11.4. The Morgan fingerprint density at radius 3 is 2.53 bits per heavy atom. The molecule has 1 nitrogen and oxygen atoms in total. The van der Waals surface area contributed by atoms with E-state index in [0.717, 1.165) is 27.6 Å². The minimum Gasteiger partial charge on any atom is -0.294 e. The smallest absolute Gasteiger partial charge is 0.163 e. The van der Waals surface area contributed by atoms with Crippen LogP contribution in [0, 0.1) is 6.92 Å². The SMILES string of the molecule is C=C(C)CCC(=O)c1cc(C)cc(Br)c1. The Bertz CT molecular complexity index is 373. The van der Waals surface area contributed by atoms with Crippen LogP contribution in [0.25, 0.3) is 0 Å². The quantitative estimate of drug-likeness (QED) is 0.587. The first-order valence-electron chi connectivity index (χ1n) is 4.94. The van der Waals surface area contributed by atoms with Crippen LogP contribution < -0.4 is 0 Å². The Morgan fingerprint density at radius 2 is 2.00 bits per heavy atom. The van der Waals surface area contributed by atoms with Crippen LogP contribution in [0.5, 0.6) is 0 Å². The molecule has 1 rings (SSSR count). The third-order valence-electron chi connectivity index (χ3n) is 2.14. The van der Waals surface area contributed by atoms with E-state index < -0.39 is 0 Å². The van der Waals surface area contributed by atoms with Crippen LogP contribution in [0.4, 0.5) is 0 Å². The van der Waals surface area contributed by atoms with Crippen molar-refractivity contribution < 1.29 is 4.79 Å². The van der Waals surface area contributed by atoms with E-state index in [4.69, 9.17) is 0 Å². The van der Waals surface area contributed by atoms with Crippen molar-refractivity contribution in [3.63, 3.8) is 0 Å². The fraction of sp³-hybridized carbons (Fsp3) is 0.308. The molecule has 2 heteroatoms. The maximum atomic E-state index is 11.8. The van der Waals surface area contributed by atoms with Crippen LogP contribution in [0.1, 0.15) is 35.7 Å². The molecule has 1 aromatic rings. The molecule has 0 bridgehead atoms. The summed E-state index contributed by atoms with van der Waals surface area (Å²) in [4.78, 5) is 11.8. The highest BCUT2D eigenvalue weighted by Gasteiger charge is 2.06. The van der Waals surface area contributed by atoms with Crippen molar-refractivity contribution in [1.82, 2.24) is 0 Å². The number of hydrogen-bond donors (Lipinski definition) is 0. The lowest BCUT2D eigenvalue weighted by Crippen LogP contribution is -1.99. The molecule has 0 aliphatic heterocycles. The highest BCUT2D eigenvalue weighted by atomic mass is 79.9. The molecule has 0 atom stereocenters. The number of carbonyl (C=O) groups is 1. The number of hydrogen-bond acceptors (Lipinski definition) is 1. The summed E-state index contributed by atoms with van der Waals surface area (Å²) in [6, 6.07) is 5.79. The largest absolute Gasteiger partial charge is 0.294 e. The van der Waals surface area contributed by atoms with Crippen LogP contribution in [-0.4, -0.2) is 5.78 Å². The Labute approximate surface area is 99.3 Å². The van der Waals surface area contributed by atoms with Crippen molar-refractivity contribution in [3.05, 3.63) is 46.0 Å². The van der Waals surface area contributed by atoms with Crippen LogP contribution in [0.3, 0.4) is 0 Å². The highest BCUT2D eigenvalue weighted by Crippen LogP contribution is 2.17. The Hall–Kier alpha value is -0.890. The molecule has 0 amide bonds. The summed E-state index contributed by atoms with van der Waals surface area (Å²) in [6.07, 6.45) is 1.32. The molecule has 15 heavy (non-hydrogen) atoms. The Kier molecular flexibility index (Phi) is 4.28. The van der Waals surface area contributed by atoms with Crippen molar-refractivity contribution in [2.75, 3.05) is 0 Å². The van der Waals surface area contributed by atoms with E-state index in [1.165, 1.54) is 0 Å². The fourth-order valence-corrected chi connectivity index (χ4v) is 1.98. The van der Waals surface area contributed by atoms with Crippen LogP contribution in [0.2, 0.25) is 0 Å². The topological polar surface area (TPSA) is 17.1 Å². The normalized spacial score (nSPS) is 10.1. The van der Waals surface area contributed by atoms with Crippen LogP contribution in [0.15, 0.2) is 34.8 Å². The van der Waals surface area contributed by atoms with E-state index in [0.29, 0.717) is 6.42 Å². The molecule has 1 aromatic carbocycles. The number of ketones is 1. The maximum absolute atomic E-state index is 11.8. The number of carbonyl (C=O) groups excluding carboxylic acids is 1. The summed E-state index contributed by atoms with van der Waals surface area (Å²) in [5.74, 6) is 0.183. The summed E-state index contributed by atoms with van der Waals surface area (Å²) >= 11 is 3.39. The predicted octanol–water partition coefficient (Wildman–Crippen LogP) is 4.30. The zero-order valence-corrected chi connectivity index (χ0v) is 10.7. The van der Waals surface area contributed by atoms with Gasteiger partial charge >= 0.3 is 0 Å². The summed E-state index contributed by atoms with van der Waals surface area (Å²) in [6.45, 7) is 7.72. The van der Waals surface area contributed by atoms with Gasteiger partial charge in [0.25, 0.3) is 0 Å². The van der Waals surface area contributed by atoms with E-state index in [2.05, 4.69) is 22.5 Å². The van der Waals surface area contributed by atoms with E-state index in [9.17, 15) is 4.79 Å². The molecule has 0 fully saturated rings. The van der Waals surface area contributed by atoms with E-state index in [-0.39, 0.29) is 5.78 Å². The van der Waals surface area contributed by atoms with Gasteiger partial charge in [0.1, 0.15) is 0 Å². The maximum Gasteiger partial charge on any atom is 0.163 e. The van der Waals surface area contributed by atoms with Gasteiger partial charge in [0, 0.05) is 16.5 Å². The zero-order valence-electron chi connectivity index (χ0n) is 9.14. The van der Waals surface area contributed by atoms with Crippen LogP contribution >= 0.6 is 15.9 Å². The molecular weight excluding hydrogens is 252 g/mol. The molecule has 0 aliphatic carbocycles. The van der Waals surface area contributed by atoms with Gasteiger partial charge in [0.15, 0.2) is 5.78 Å². The number of rotatable bonds is 4. The molecule has 0 radical (unpaired) electrons. The van der Waals surface area contributed by atoms with Crippen LogP contribution in [-0.2, 0) is 0 Å². The van der Waals surface area contributed by atoms with Gasteiger partial charge in [-0.2, -0.15) is 0 Å². The summed E-state index contributed by atoms with van der Waals surface area (Å²) in [7, 11) is 0. The molecule has 0 N–H and O–H groups in total. The Balaban J connectivity index is 2.77. The highest BCUT2D eigenvalue weighted by molar-refractivity contribution is 9.10. The lowest BCUT2D eigenvalue weighted by Gasteiger charge is -2.03. The van der Waals surface area contributed by atoms with Crippen molar-refractivity contribution >= 4 is 21.7 Å². The van der Waals surface area contributed by atoms with Gasteiger partial charge in [-0.1, -0.05) is 21.5 Å². The number of Topliss-reactive ketones (excluding diaryl/α,β-unsaturated/α-hetero) is 1. The van der Waals surface area contributed by atoms with Crippen molar-refractivity contribution in [2.45, 2.75) is 26.7 Å². The second-order valence-corrected chi connectivity index (χ2v) is 4.81. The summed E-state index contributed by atoms with van der Waals surface area (Å²) in [5.41, 5.74) is 2.93. The second kappa shape index (κ2) is 5.26. The van der Waals surface area contributed by atoms with E-state index >= 15 is 0 Å². The van der Waals surface area contributed by atoms with Crippen molar-refractivity contribution in [1.29, 1.82) is 0 Å². The monoisotopic (exact) mass is 266 g/mol. The first-order valence-corrected chi connectivity index (χ1v) is 5.73. The minimum atomic E-state index is 0.183. The number of aryl methyl sites for hydroxylation is 1. The number of allylic oxidation sites excluding steroid dienone is 1. The molecular formula is C13H15BrO. The van der Waals surface area contributed by atoms with E-state index in [1.807, 2.05) is 32.0 Å². The Morgan fingerprint density at radius 1 is 1.33 bits per heavy atom. The second-order valence-electron chi connectivity index (χ2n) is 3.90. The number of benzene rings is 1. The van der Waals surface area contributed by atoms with Gasteiger partial charge in [-0.15, -0.1) is 6.58 Å². The molecule has 0 saturated carbocycles. The standard InChI is InChI=1S/C13H15BrO/c1-9(2)4-5-13(15)11-6-10(3)7-12(14)8-11/h6-8H,1,4-5H2,2-3H3. The van der Waals surface area contributed by atoms with Crippen molar-refractivity contribution in [3.8, 4) is 0 Å². The van der Waals surface area contributed by atoms with Gasteiger partial charge < -0.3 is 0 Å². The molecule has 0 unspecified atom stereocenters. The minimum absolute atomic E-state index is 0.183. The van der Waals surface area contributed by atoms with E-state index in [1.54, 1.807) is 0 Å². The third kappa shape index (κ3) is 4.00. The molecule has 0 heterocycles. The average molecular weight is 267 g/mol. The molecule has 0 spiro atoms. The lowest BCUT2D eigenvalue weighted by molar-refractivity contribution is 0.0982. The van der Waals surface area contributed by atoms with Gasteiger partial charge in [0.05, 0.1) is 0 Å². The van der Waals surface area contributed by atoms with Gasteiger partial charge in [0.2, 0.25) is 0 Å². The summed E-state index contributed by atoms with van der Waals surface area (Å²) in [5, 5.41) is 0. The number of halogens is 1.